The number of aliphatic hydroxyl groups excluding tert-OH is 2. The van der Waals surface area contributed by atoms with Crippen molar-refractivity contribution >= 4 is 122 Å². The number of amides is 14. The topological polar surface area (TPSA) is 654 Å². The molecule has 2 aromatic heterocycles. The highest BCUT2D eigenvalue weighted by Gasteiger charge is 2.44. The molecule has 27 N–H and O–H groups in total. The van der Waals surface area contributed by atoms with Gasteiger partial charge in [0.05, 0.1) is 19.3 Å². The number of H-pyrrole nitrogens is 2. The maximum absolute atomic E-state index is 14.7. The Labute approximate surface area is 706 Å². The fraction of sp³-hybridized carbons (Fsp3) is 0.593. The van der Waals surface area contributed by atoms with Gasteiger partial charge in [0.1, 0.15) is 78.5 Å². The number of guanidine groups is 2. The second-order valence-corrected chi connectivity index (χ2v) is 32.6. The zero-order valence-electron chi connectivity index (χ0n) is 70.2. The van der Waals surface area contributed by atoms with Gasteiger partial charge < -0.3 is 127 Å². The Kier molecular flexibility index (Phi) is 37.2. The van der Waals surface area contributed by atoms with Crippen LogP contribution < -0.4 is 86.7 Å². The van der Waals surface area contributed by atoms with E-state index in [0.29, 0.717) is 18.4 Å². The summed E-state index contributed by atoms with van der Waals surface area (Å²) in [6, 6.07) is -4.63. The molecule has 7 rings (SSSR count). The molecule has 3 fully saturated rings. The molecule has 5 heterocycles. The second-order valence-electron chi connectivity index (χ2n) is 32.6. The van der Waals surface area contributed by atoms with Crippen LogP contribution in [0.3, 0.4) is 0 Å². The lowest BCUT2D eigenvalue weighted by atomic mass is 9.98. The van der Waals surface area contributed by atoms with Crippen LogP contribution in [0, 0.1) is 28.6 Å². The van der Waals surface area contributed by atoms with Crippen molar-refractivity contribution in [2.24, 2.45) is 40.7 Å². The number of aromatic nitrogens is 2. The van der Waals surface area contributed by atoms with Crippen molar-refractivity contribution in [2.75, 3.05) is 45.9 Å². The molecule has 3 saturated heterocycles. The maximum Gasteiger partial charge on any atom is 0.326 e. The van der Waals surface area contributed by atoms with Gasteiger partial charge in [-0.25, -0.2) is 4.79 Å². The summed E-state index contributed by atoms with van der Waals surface area (Å²) in [6.45, 7) is 10.1. The van der Waals surface area contributed by atoms with E-state index in [1.165, 1.54) is 11.8 Å². The molecular formula is C81H123N23O18. The van der Waals surface area contributed by atoms with Gasteiger partial charge in [-0.15, -0.1) is 0 Å². The van der Waals surface area contributed by atoms with Crippen LogP contribution in [0.2, 0.25) is 0 Å². The number of benzene rings is 2. The molecule has 670 valence electrons. The van der Waals surface area contributed by atoms with E-state index in [1.807, 2.05) is 42.5 Å². The SMILES string of the molecule is CC(C)C[C@H](NC(=O)[C@H](C)NC(=O)[C@H](CO)NC(=O)[C@@H]1CCCN1C(=O)[C@H](CO)NC(=O)[C@H](Cc1c[nH]c2ccccc12)NC(=O)[C@@H]1CCCN1C(=O)[C@@H](N)Cc1c[nH]c2ccccc12)C(=O)N[C@@H](CCCNC(=N)N)C(=O)N[C@@H](CC(C)C)C(=O)N[C@@H](CC(C)C)C(=O)N[C@@H](CCC(N)=O)C(=O)N[C@@H](CCCNC(=N)N)C(=O)N1CCC[C@H]1C(=O)O. The van der Waals surface area contributed by atoms with Crippen LogP contribution in [0.4, 0.5) is 0 Å². The molecule has 3 aliphatic heterocycles. The molecule has 0 aliphatic carbocycles. The number of likely N-dealkylation sites (tertiary alicyclic amines) is 3. The molecule has 0 unspecified atom stereocenters. The molecule has 14 amide bonds. The minimum Gasteiger partial charge on any atom is -0.480 e. The molecule has 0 bridgehead atoms. The van der Waals surface area contributed by atoms with Crippen LogP contribution in [0.1, 0.15) is 156 Å². The average molecular weight is 1710 g/mol. The summed E-state index contributed by atoms with van der Waals surface area (Å²) in [5.41, 5.74) is 26.1. The van der Waals surface area contributed by atoms with Gasteiger partial charge >= 0.3 is 5.97 Å². The van der Waals surface area contributed by atoms with Gasteiger partial charge in [0.25, 0.3) is 0 Å². The average Bonchev–Trinajstić information content (AvgIpc) is 1.69. The molecular weight excluding hydrogens is 1580 g/mol. The lowest BCUT2D eigenvalue weighted by molar-refractivity contribution is -0.149. The number of carboxylic acids is 1. The lowest BCUT2D eigenvalue weighted by Gasteiger charge is -2.31. The fourth-order valence-corrected chi connectivity index (χ4v) is 15.3. The first-order valence-electron chi connectivity index (χ1n) is 41.6. The molecule has 0 saturated carbocycles. The van der Waals surface area contributed by atoms with Crippen molar-refractivity contribution in [1.82, 2.24) is 88.5 Å². The number of carboxylic acid groups (broad SMARTS) is 1. The number of aromatic amines is 2. The Morgan fingerprint density at radius 2 is 0.795 bits per heavy atom. The van der Waals surface area contributed by atoms with E-state index < -0.39 is 199 Å². The summed E-state index contributed by atoms with van der Waals surface area (Å²) >= 11 is 0. The molecule has 0 radical (unpaired) electrons. The number of nitrogens with two attached hydrogens (primary N) is 4. The zero-order chi connectivity index (χ0) is 89.8. The summed E-state index contributed by atoms with van der Waals surface area (Å²) in [7, 11) is 0. The van der Waals surface area contributed by atoms with Crippen LogP contribution in [0.25, 0.3) is 21.8 Å². The highest BCUT2D eigenvalue weighted by Crippen LogP contribution is 2.27. The highest BCUT2D eigenvalue weighted by atomic mass is 16.4. The van der Waals surface area contributed by atoms with Gasteiger partial charge in [0.2, 0.25) is 82.7 Å². The Morgan fingerprint density at radius 1 is 0.434 bits per heavy atom. The molecule has 41 heteroatoms. The molecule has 3 aliphatic rings. The van der Waals surface area contributed by atoms with Crippen LogP contribution in [-0.2, 0) is 84.8 Å². The van der Waals surface area contributed by atoms with E-state index in [9.17, 15) is 87.2 Å². The predicted molar refractivity (Wildman–Crippen MR) is 448 cm³/mol. The third kappa shape index (κ3) is 28.3. The van der Waals surface area contributed by atoms with Crippen molar-refractivity contribution in [3.05, 3.63) is 72.1 Å². The summed E-state index contributed by atoms with van der Waals surface area (Å²) in [6.07, 6.45) is 4.12. The van der Waals surface area contributed by atoms with Crippen LogP contribution in [0.5, 0.6) is 0 Å². The van der Waals surface area contributed by atoms with Gasteiger partial charge in [0.15, 0.2) is 11.9 Å². The number of carbonyl (C=O) groups is 15. The van der Waals surface area contributed by atoms with Gasteiger partial charge in [-0.3, -0.25) is 77.9 Å². The number of carbonyl (C=O) groups excluding carboxylic acids is 14. The Hall–Kier alpha value is -12.0. The van der Waals surface area contributed by atoms with Gasteiger partial charge in [-0.05, 0) is 144 Å². The van der Waals surface area contributed by atoms with Gasteiger partial charge in [-0.1, -0.05) is 77.9 Å². The molecule has 0 spiro atoms. The Morgan fingerprint density at radius 3 is 1.25 bits per heavy atom. The molecule has 4 aromatic rings. The first-order valence-corrected chi connectivity index (χ1v) is 41.6. The van der Waals surface area contributed by atoms with Crippen molar-refractivity contribution in [3.8, 4) is 0 Å². The molecule has 122 heavy (non-hydrogen) atoms. The van der Waals surface area contributed by atoms with Crippen molar-refractivity contribution in [2.45, 2.75) is 242 Å². The third-order valence-corrected chi connectivity index (χ3v) is 21.6. The minimum absolute atomic E-state index is 0.0301. The number of rotatable bonds is 47. The number of nitrogens with one attached hydrogen (secondary N) is 16. The summed E-state index contributed by atoms with van der Waals surface area (Å²) in [5.74, 6) is -14.9. The Bertz CT molecular complexity index is 4380. The number of primary amides is 1. The number of hydrogen-bond acceptors (Lipinski definition) is 20. The summed E-state index contributed by atoms with van der Waals surface area (Å²) in [4.78, 5) is 221. The summed E-state index contributed by atoms with van der Waals surface area (Å²) < 4.78 is 0. The monoisotopic (exact) mass is 1710 g/mol. The van der Waals surface area contributed by atoms with Crippen molar-refractivity contribution in [1.29, 1.82) is 10.8 Å². The number of hydrogen-bond donors (Lipinski definition) is 23. The predicted octanol–water partition coefficient (Wildman–Crippen LogP) is -3.40. The van der Waals surface area contributed by atoms with Gasteiger partial charge in [0, 0.05) is 79.8 Å². The van der Waals surface area contributed by atoms with E-state index in [4.69, 9.17) is 33.8 Å². The number of para-hydroxylation sites is 2. The second kappa shape index (κ2) is 46.7. The maximum atomic E-state index is 14.7. The zero-order valence-corrected chi connectivity index (χ0v) is 70.2. The highest BCUT2D eigenvalue weighted by molar-refractivity contribution is 6.01. The molecule has 41 nitrogen and oxygen atoms in total. The first kappa shape index (κ1) is 97.1. The third-order valence-electron chi connectivity index (χ3n) is 21.6. The van der Waals surface area contributed by atoms with E-state index >= 15 is 0 Å². The number of aliphatic carboxylic acids is 1. The van der Waals surface area contributed by atoms with Crippen LogP contribution in [0.15, 0.2) is 60.9 Å². The first-order chi connectivity index (χ1) is 57.9. The van der Waals surface area contributed by atoms with Crippen LogP contribution >= 0.6 is 0 Å². The van der Waals surface area contributed by atoms with Crippen molar-refractivity contribution in [3.63, 3.8) is 0 Å². The van der Waals surface area contributed by atoms with Crippen LogP contribution in [-0.4, -0.2) is 271 Å². The van der Waals surface area contributed by atoms with Gasteiger partial charge in [-0.2, -0.15) is 0 Å². The summed E-state index contributed by atoms with van der Waals surface area (Å²) in [5, 5.41) is 79.5. The van der Waals surface area contributed by atoms with E-state index in [0.717, 1.165) is 37.2 Å². The largest absolute Gasteiger partial charge is 0.480 e. The van der Waals surface area contributed by atoms with Crippen molar-refractivity contribution < 1.29 is 87.2 Å². The molecule has 14 atom stereocenters. The van der Waals surface area contributed by atoms with E-state index in [1.54, 1.807) is 60.0 Å². The molecule has 2 aromatic carbocycles. The van der Waals surface area contributed by atoms with E-state index in [-0.39, 0.29) is 146 Å². The smallest absolute Gasteiger partial charge is 0.326 e. The van der Waals surface area contributed by atoms with E-state index in [2.05, 4.69) is 73.8 Å². The lowest BCUT2D eigenvalue weighted by Crippen LogP contribution is -2.61. The number of fused-ring (bicyclic) bond motifs is 2. The number of nitrogens with zero attached hydrogens (tertiary/aromatic N) is 3. The quantitative estimate of drug-likeness (QED) is 0.0116. The minimum atomic E-state index is -1.74. The normalized spacial score (nSPS) is 17.9. The number of aliphatic hydroxyl groups is 2. The Balaban J connectivity index is 0.990. The fourth-order valence-electron chi connectivity index (χ4n) is 15.3. The standard InChI is InChI=1S/C81H123N23O18/c1-42(2)33-56(69(111)93-53(21-12-28-88-80(84)85)67(109)97-58(35-44(5)6)71(113)98-57(34-43(3)4)70(112)94-54(26-27-65(83)107)68(110)95-55(22-13-29-89-81(86)87)77(119)104-32-16-25-64(104)79(121)122)96-66(108)45(7)92-73(115)60(40-105)100-75(117)63-24-15-31-103(63)78(120)61(41-106)101-72(114)59(37-47-39-91-52-20-11-9-18-49(47)52)99-74(116)62-23-14-30-102(62)76(118)50(82)36-46-38-90-51-19-10-8-17-48(46)51/h8-11,17-20,38-39,42-45,50,53-64,90-91,105-106H,12-16,21-37,40-41,82H2,1-7H3,(H2,83,107)(H,92,115)(H,93,111)(H,94,112)(H,95,110)(H,96,108)(H,97,109)(H,98,113)(H,99,116)(H,100,117)(H,101,114)(H,121,122)(H4,84,85,88)(H4,86,87,89)/t45-,50-,53-,54-,55-,56-,57-,58-,59-,60-,61-,62-,63-,64-/m0/s1.